The van der Waals surface area contributed by atoms with E-state index in [0.29, 0.717) is 17.7 Å². The zero-order valence-electron chi connectivity index (χ0n) is 8.92. The molecule has 0 bridgehead atoms. The monoisotopic (exact) mass is 197 g/mol. The van der Waals surface area contributed by atoms with E-state index >= 15 is 0 Å². The molecule has 2 aliphatic heterocycles. The molecule has 2 aliphatic rings. The molecular weight excluding hydrogens is 178 g/mol. The van der Waals surface area contributed by atoms with Gasteiger partial charge in [-0.05, 0) is 18.3 Å². The minimum atomic E-state index is 0.378. The quantitative estimate of drug-likeness (QED) is 0.663. The Morgan fingerprint density at radius 3 is 2.71 bits per heavy atom. The third-order valence-corrected chi connectivity index (χ3v) is 3.41. The van der Waals surface area contributed by atoms with E-state index in [1.165, 1.54) is 0 Å². The van der Waals surface area contributed by atoms with Crippen LogP contribution in [0.15, 0.2) is 0 Å². The fourth-order valence-corrected chi connectivity index (χ4v) is 2.39. The second-order valence-electron chi connectivity index (χ2n) is 4.92. The van der Waals surface area contributed by atoms with Gasteiger partial charge in [0, 0.05) is 32.7 Å². The van der Waals surface area contributed by atoms with Crippen LogP contribution in [0.3, 0.4) is 0 Å². The molecule has 0 atom stereocenters. The minimum Gasteiger partial charge on any atom is -0.381 e. The first-order chi connectivity index (χ1) is 6.68. The summed E-state index contributed by atoms with van der Waals surface area (Å²) in [6, 6.07) is 0. The number of likely N-dealkylation sites (tertiary alicyclic amines) is 1. The lowest BCUT2D eigenvalue weighted by Crippen LogP contribution is -2.38. The van der Waals surface area contributed by atoms with Crippen LogP contribution in [0, 0.1) is 5.41 Å². The topological polar surface area (TPSA) is 29.5 Å². The van der Waals surface area contributed by atoms with Crippen LogP contribution >= 0.6 is 0 Å². The number of rotatable bonds is 2. The summed E-state index contributed by atoms with van der Waals surface area (Å²) in [5.74, 6) is 0.403. The van der Waals surface area contributed by atoms with E-state index in [4.69, 9.17) is 4.74 Å². The van der Waals surface area contributed by atoms with Crippen LogP contribution in [0.5, 0.6) is 0 Å². The molecule has 0 N–H and O–H groups in total. The van der Waals surface area contributed by atoms with Gasteiger partial charge in [0.1, 0.15) is 5.78 Å². The fraction of sp³-hybridized carbons (Fsp3) is 0.909. The van der Waals surface area contributed by atoms with Gasteiger partial charge in [0.15, 0.2) is 0 Å². The SMILES string of the molecule is CC1(CN2CCC(=O)C2)CCOCC1. The Labute approximate surface area is 85.4 Å². The lowest BCUT2D eigenvalue weighted by molar-refractivity contribution is -0.117. The predicted octanol–water partition coefficient (Wildman–Crippen LogP) is 1.08. The molecule has 3 nitrogen and oxygen atoms in total. The molecule has 2 saturated heterocycles. The van der Waals surface area contributed by atoms with Crippen molar-refractivity contribution in [1.82, 2.24) is 4.90 Å². The molecule has 0 unspecified atom stereocenters. The van der Waals surface area contributed by atoms with Gasteiger partial charge in [-0.15, -0.1) is 0 Å². The number of hydrogen-bond acceptors (Lipinski definition) is 3. The Hall–Kier alpha value is -0.410. The lowest BCUT2D eigenvalue weighted by atomic mass is 9.82. The molecule has 0 amide bonds. The van der Waals surface area contributed by atoms with E-state index in [2.05, 4.69) is 11.8 Å². The first-order valence-electron chi connectivity index (χ1n) is 5.50. The van der Waals surface area contributed by atoms with Crippen LogP contribution in [0.1, 0.15) is 26.2 Å². The van der Waals surface area contributed by atoms with E-state index in [1.54, 1.807) is 0 Å². The second kappa shape index (κ2) is 3.99. The number of ether oxygens (including phenoxy) is 1. The molecule has 3 heteroatoms. The van der Waals surface area contributed by atoms with Crippen LogP contribution in [0.2, 0.25) is 0 Å². The number of nitrogens with zero attached hydrogens (tertiary/aromatic N) is 1. The van der Waals surface area contributed by atoms with Crippen molar-refractivity contribution in [2.45, 2.75) is 26.2 Å². The van der Waals surface area contributed by atoms with Crippen molar-refractivity contribution in [3.63, 3.8) is 0 Å². The van der Waals surface area contributed by atoms with Crippen molar-refractivity contribution >= 4 is 5.78 Å². The second-order valence-corrected chi connectivity index (χ2v) is 4.92. The lowest BCUT2D eigenvalue weighted by Gasteiger charge is -2.36. The first kappa shape index (κ1) is 10.1. The number of Topliss-reactive ketones (excluding diaryl/α,β-unsaturated/α-hetero) is 1. The summed E-state index contributed by atoms with van der Waals surface area (Å²) in [4.78, 5) is 13.4. The van der Waals surface area contributed by atoms with Crippen LogP contribution in [-0.4, -0.2) is 43.5 Å². The third-order valence-electron chi connectivity index (χ3n) is 3.41. The van der Waals surface area contributed by atoms with Crippen LogP contribution in [0.25, 0.3) is 0 Å². The summed E-state index contributed by atoms with van der Waals surface area (Å²) in [7, 11) is 0. The first-order valence-corrected chi connectivity index (χ1v) is 5.50. The van der Waals surface area contributed by atoms with Gasteiger partial charge in [0.2, 0.25) is 0 Å². The summed E-state index contributed by atoms with van der Waals surface area (Å²) in [5.41, 5.74) is 0.378. The molecule has 0 radical (unpaired) electrons. The maximum Gasteiger partial charge on any atom is 0.148 e. The van der Waals surface area contributed by atoms with Crippen molar-refractivity contribution in [2.75, 3.05) is 32.8 Å². The highest BCUT2D eigenvalue weighted by molar-refractivity contribution is 5.82. The molecule has 2 fully saturated rings. The summed E-state index contributed by atoms with van der Waals surface area (Å²) in [6.07, 6.45) is 3.03. The average Bonchev–Trinajstić information content (AvgIpc) is 2.51. The summed E-state index contributed by atoms with van der Waals surface area (Å²) in [6.45, 7) is 6.81. The molecule has 0 aromatic heterocycles. The van der Waals surface area contributed by atoms with E-state index in [1.807, 2.05) is 0 Å². The van der Waals surface area contributed by atoms with Crippen molar-refractivity contribution in [3.05, 3.63) is 0 Å². The summed E-state index contributed by atoms with van der Waals surface area (Å²) < 4.78 is 5.37. The van der Waals surface area contributed by atoms with Crippen LogP contribution in [-0.2, 0) is 9.53 Å². The van der Waals surface area contributed by atoms with Crippen molar-refractivity contribution < 1.29 is 9.53 Å². The molecule has 80 valence electrons. The molecule has 0 aliphatic carbocycles. The minimum absolute atomic E-state index is 0.378. The van der Waals surface area contributed by atoms with E-state index in [-0.39, 0.29) is 0 Å². The maximum absolute atomic E-state index is 11.1. The largest absolute Gasteiger partial charge is 0.381 e. The normalized spacial score (nSPS) is 28.2. The Kier molecular flexibility index (Phi) is 2.88. The smallest absolute Gasteiger partial charge is 0.148 e. The molecule has 0 aromatic carbocycles. The zero-order valence-corrected chi connectivity index (χ0v) is 8.92. The average molecular weight is 197 g/mol. The van der Waals surface area contributed by atoms with Gasteiger partial charge in [-0.25, -0.2) is 0 Å². The van der Waals surface area contributed by atoms with Crippen molar-refractivity contribution in [1.29, 1.82) is 0 Å². The molecule has 2 heterocycles. The van der Waals surface area contributed by atoms with Gasteiger partial charge in [-0.3, -0.25) is 9.69 Å². The molecule has 0 aromatic rings. The standard InChI is InChI=1S/C11H19NO2/c1-11(3-6-14-7-4-11)9-12-5-2-10(13)8-12/h2-9H2,1H3. The number of carbonyl (C=O) groups excluding carboxylic acids is 1. The van der Waals surface area contributed by atoms with Gasteiger partial charge in [-0.1, -0.05) is 6.92 Å². The van der Waals surface area contributed by atoms with Gasteiger partial charge in [-0.2, -0.15) is 0 Å². The van der Waals surface area contributed by atoms with E-state index in [0.717, 1.165) is 45.6 Å². The number of carbonyl (C=O) groups is 1. The Morgan fingerprint density at radius 1 is 1.43 bits per heavy atom. The van der Waals surface area contributed by atoms with E-state index in [9.17, 15) is 4.79 Å². The van der Waals surface area contributed by atoms with E-state index < -0.39 is 0 Å². The Balaban J connectivity index is 1.86. The Morgan fingerprint density at radius 2 is 2.14 bits per heavy atom. The number of hydrogen-bond donors (Lipinski definition) is 0. The van der Waals surface area contributed by atoms with Crippen LogP contribution < -0.4 is 0 Å². The molecule has 14 heavy (non-hydrogen) atoms. The molecule has 0 spiro atoms. The molecule has 2 rings (SSSR count). The highest BCUT2D eigenvalue weighted by Gasteiger charge is 2.31. The maximum atomic E-state index is 11.1. The summed E-state index contributed by atoms with van der Waals surface area (Å²) in [5, 5.41) is 0. The van der Waals surface area contributed by atoms with Crippen molar-refractivity contribution in [2.24, 2.45) is 5.41 Å². The zero-order chi connectivity index (χ0) is 10.0. The predicted molar refractivity (Wildman–Crippen MR) is 54.2 cm³/mol. The van der Waals surface area contributed by atoms with Gasteiger partial charge in [0.25, 0.3) is 0 Å². The fourth-order valence-electron chi connectivity index (χ4n) is 2.39. The van der Waals surface area contributed by atoms with Gasteiger partial charge >= 0.3 is 0 Å². The highest BCUT2D eigenvalue weighted by atomic mass is 16.5. The van der Waals surface area contributed by atoms with Crippen molar-refractivity contribution in [3.8, 4) is 0 Å². The third kappa shape index (κ3) is 2.34. The molecule has 0 saturated carbocycles. The highest BCUT2D eigenvalue weighted by Crippen LogP contribution is 2.31. The van der Waals surface area contributed by atoms with Gasteiger partial charge in [0.05, 0.1) is 6.54 Å². The number of ketones is 1. The van der Waals surface area contributed by atoms with Gasteiger partial charge < -0.3 is 4.74 Å². The Bertz CT molecular complexity index is 221. The summed E-state index contributed by atoms with van der Waals surface area (Å²) >= 11 is 0. The van der Waals surface area contributed by atoms with Crippen LogP contribution in [0.4, 0.5) is 0 Å². The molecular formula is C11H19NO2.